The predicted octanol–water partition coefficient (Wildman–Crippen LogP) is 4.69. The van der Waals surface area contributed by atoms with Gasteiger partial charge < -0.3 is 10.1 Å². The first-order valence-electron chi connectivity index (χ1n) is 10.7. The second kappa shape index (κ2) is 10.7. The van der Waals surface area contributed by atoms with E-state index >= 15 is 0 Å². The van der Waals surface area contributed by atoms with Crippen LogP contribution in [0.2, 0.25) is 0 Å². The Hall–Kier alpha value is -3.10. The van der Waals surface area contributed by atoms with Crippen LogP contribution < -0.4 is 15.6 Å². The van der Waals surface area contributed by atoms with Crippen LogP contribution >= 0.6 is 23.1 Å². The lowest BCUT2D eigenvalue weighted by molar-refractivity contribution is -0.119. The fourth-order valence-electron chi connectivity index (χ4n) is 3.49. The van der Waals surface area contributed by atoms with E-state index < -0.39 is 0 Å². The van der Waals surface area contributed by atoms with Crippen molar-refractivity contribution in [3.8, 4) is 11.4 Å². The number of amides is 1. The molecule has 1 atom stereocenters. The summed E-state index contributed by atoms with van der Waals surface area (Å²) in [6.45, 7) is 2.01. The molecule has 0 radical (unpaired) electrons. The maximum absolute atomic E-state index is 13.2. The molecule has 4 aromatic rings. The molecule has 1 N–H and O–H groups in total. The molecule has 0 aliphatic heterocycles. The van der Waals surface area contributed by atoms with Gasteiger partial charge >= 0.3 is 0 Å². The molecule has 4 rings (SSSR count). The van der Waals surface area contributed by atoms with Crippen LogP contribution in [0.3, 0.4) is 0 Å². The average molecular weight is 480 g/mol. The number of aromatic nitrogens is 2. The second-order valence-corrected chi connectivity index (χ2v) is 9.51. The molecule has 2 aromatic carbocycles. The summed E-state index contributed by atoms with van der Waals surface area (Å²) in [4.78, 5) is 30.5. The lowest BCUT2D eigenvalue weighted by atomic mass is 10.1. The number of nitrogens with one attached hydrogen (secondary N) is 1. The summed E-state index contributed by atoms with van der Waals surface area (Å²) in [5.41, 5.74) is 2.45. The maximum atomic E-state index is 13.2. The molecule has 0 aliphatic carbocycles. The van der Waals surface area contributed by atoms with Gasteiger partial charge in [0.1, 0.15) is 10.4 Å². The van der Waals surface area contributed by atoms with Crippen LogP contribution in [0.4, 0.5) is 0 Å². The molecule has 1 amide bonds. The molecule has 6 nitrogen and oxygen atoms in total. The molecule has 170 valence electrons. The highest BCUT2D eigenvalue weighted by Crippen LogP contribution is 2.24. The van der Waals surface area contributed by atoms with E-state index in [1.54, 1.807) is 23.8 Å². The van der Waals surface area contributed by atoms with Crippen molar-refractivity contribution in [2.75, 3.05) is 12.9 Å². The highest BCUT2D eigenvalue weighted by Gasteiger charge is 2.16. The van der Waals surface area contributed by atoms with Crippen molar-refractivity contribution >= 4 is 39.2 Å². The molecule has 0 saturated heterocycles. The number of thiophene rings is 1. The third kappa shape index (κ3) is 5.64. The van der Waals surface area contributed by atoms with Gasteiger partial charge in [0.05, 0.1) is 24.1 Å². The average Bonchev–Trinajstić information content (AvgIpc) is 3.31. The van der Waals surface area contributed by atoms with E-state index in [0.717, 1.165) is 12.8 Å². The molecule has 0 fully saturated rings. The minimum Gasteiger partial charge on any atom is -0.497 e. The Kier molecular flexibility index (Phi) is 7.47. The molecule has 0 bridgehead atoms. The van der Waals surface area contributed by atoms with Gasteiger partial charge in [-0.25, -0.2) is 4.98 Å². The fraction of sp³-hybridized carbons (Fsp3) is 0.240. The molecular formula is C25H25N3O3S2. The Bertz CT molecular complexity index is 1280. The highest BCUT2D eigenvalue weighted by molar-refractivity contribution is 7.99. The van der Waals surface area contributed by atoms with Gasteiger partial charge in [0, 0.05) is 6.04 Å². The fourth-order valence-corrected chi connectivity index (χ4v) is 5.08. The Balaban J connectivity index is 1.47. The molecular weight excluding hydrogens is 454 g/mol. The van der Waals surface area contributed by atoms with Gasteiger partial charge in [0.25, 0.3) is 5.56 Å². The van der Waals surface area contributed by atoms with Gasteiger partial charge in [-0.15, -0.1) is 11.3 Å². The summed E-state index contributed by atoms with van der Waals surface area (Å²) in [5, 5.41) is 5.40. The summed E-state index contributed by atoms with van der Waals surface area (Å²) in [6.07, 6.45) is 1.76. The minimum absolute atomic E-state index is 0.0504. The van der Waals surface area contributed by atoms with E-state index in [2.05, 4.69) is 22.4 Å². The van der Waals surface area contributed by atoms with E-state index in [9.17, 15) is 9.59 Å². The molecule has 0 spiro atoms. The number of hydrogen-bond donors (Lipinski definition) is 1. The standard InChI is InChI=1S/C25H25N3O3S2/c1-17(8-9-18-6-4-3-5-7-18)26-22(29)16-33-25-27-21-14-15-32-23(21)24(30)28(25)19-10-12-20(31-2)13-11-19/h3-7,10-15,17H,8-9,16H2,1-2H3,(H,26,29). The van der Waals surface area contributed by atoms with E-state index in [4.69, 9.17) is 4.74 Å². The molecule has 1 unspecified atom stereocenters. The number of carbonyl (C=O) groups excluding carboxylic acids is 1. The lowest BCUT2D eigenvalue weighted by Gasteiger charge is -2.15. The molecule has 8 heteroatoms. The van der Waals surface area contributed by atoms with Crippen LogP contribution in [-0.2, 0) is 11.2 Å². The number of rotatable bonds is 9. The highest BCUT2D eigenvalue weighted by atomic mass is 32.2. The predicted molar refractivity (Wildman–Crippen MR) is 135 cm³/mol. The third-order valence-corrected chi connectivity index (χ3v) is 7.06. The van der Waals surface area contributed by atoms with Crippen molar-refractivity contribution in [1.29, 1.82) is 0 Å². The van der Waals surface area contributed by atoms with Crippen LogP contribution in [0.15, 0.2) is 76.0 Å². The van der Waals surface area contributed by atoms with Gasteiger partial charge in [-0.1, -0.05) is 42.1 Å². The number of fused-ring (bicyclic) bond motifs is 1. The summed E-state index contributed by atoms with van der Waals surface area (Å²) in [5.74, 6) is 0.796. The third-order valence-electron chi connectivity index (χ3n) is 5.23. The van der Waals surface area contributed by atoms with E-state index in [1.165, 1.54) is 28.7 Å². The number of hydrogen-bond acceptors (Lipinski definition) is 6. The number of carbonyl (C=O) groups is 1. The summed E-state index contributed by atoms with van der Waals surface area (Å²) in [6, 6.07) is 19.3. The molecule has 0 saturated carbocycles. The van der Waals surface area contributed by atoms with Crippen LogP contribution in [0.5, 0.6) is 5.75 Å². The topological polar surface area (TPSA) is 73.2 Å². The Morgan fingerprint density at radius 3 is 2.64 bits per heavy atom. The first-order valence-corrected chi connectivity index (χ1v) is 12.5. The maximum Gasteiger partial charge on any atom is 0.276 e. The number of nitrogens with zero attached hydrogens (tertiary/aromatic N) is 2. The Morgan fingerprint density at radius 2 is 1.91 bits per heavy atom. The van der Waals surface area contributed by atoms with Crippen molar-refractivity contribution in [1.82, 2.24) is 14.9 Å². The quantitative estimate of drug-likeness (QED) is 0.279. The number of benzene rings is 2. The van der Waals surface area contributed by atoms with Crippen molar-refractivity contribution in [3.63, 3.8) is 0 Å². The van der Waals surface area contributed by atoms with Crippen molar-refractivity contribution in [2.24, 2.45) is 0 Å². The molecule has 0 aliphatic rings. The van der Waals surface area contributed by atoms with Crippen LogP contribution in [-0.4, -0.2) is 34.4 Å². The molecule has 2 aromatic heterocycles. The molecule has 2 heterocycles. The van der Waals surface area contributed by atoms with Crippen molar-refractivity contribution < 1.29 is 9.53 Å². The minimum atomic E-state index is -0.140. The lowest BCUT2D eigenvalue weighted by Crippen LogP contribution is -2.34. The van der Waals surface area contributed by atoms with E-state index in [0.29, 0.717) is 26.8 Å². The van der Waals surface area contributed by atoms with Gasteiger partial charge in [0.2, 0.25) is 5.91 Å². The summed E-state index contributed by atoms with van der Waals surface area (Å²) >= 11 is 2.63. The number of aryl methyl sites for hydroxylation is 1. The SMILES string of the molecule is COc1ccc(-n2c(SCC(=O)NC(C)CCc3ccccc3)nc3ccsc3c2=O)cc1. The molecule has 33 heavy (non-hydrogen) atoms. The first kappa shape index (κ1) is 23.1. The van der Waals surface area contributed by atoms with Gasteiger partial charge in [-0.05, 0) is 61.0 Å². The Labute approximate surface area is 200 Å². The second-order valence-electron chi connectivity index (χ2n) is 7.65. The summed E-state index contributed by atoms with van der Waals surface area (Å²) < 4.78 is 7.38. The zero-order valence-electron chi connectivity index (χ0n) is 18.5. The number of thioether (sulfide) groups is 1. The van der Waals surface area contributed by atoms with Crippen molar-refractivity contribution in [2.45, 2.75) is 31.0 Å². The zero-order valence-corrected chi connectivity index (χ0v) is 20.1. The monoisotopic (exact) mass is 479 g/mol. The Morgan fingerprint density at radius 1 is 1.15 bits per heavy atom. The van der Waals surface area contributed by atoms with Gasteiger partial charge in [-0.3, -0.25) is 14.2 Å². The van der Waals surface area contributed by atoms with E-state index in [-0.39, 0.29) is 23.3 Å². The van der Waals surface area contributed by atoms with Gasteiger partial charge in [-0.2, -0.15) is 0 Å². The normalized spacial score (nSPS) is 11.9. The smallest absolute Gasteiger partial charge is 0.276 e. The van der Waals surface area contributed by atoms with Crippen LogP contribution in [0, 0.1) is 0 Å². The van der Waals surface area contributed by atoms with Crippen LogP contribution in [0.25, 0.3) is 15.9 Å². The summed E-state index contributed by atoms with van der Waals surface area (Å²) in [7, 11) is 1.60. The number of ether oxygens (including phenoxy) is 1. The van der Waals surface area contributed by atoms with Crippen molar-refractivity contribution in [3.05, 3.63) is 82.0 Å². The largest absolute Gasteiger partial charge is 0.497 e. The van der Waals surface area contributed by atoms with E-state index in [1.807, 2.05) is 48.7 Å². The van der Waals surface area contributed by atoms with Crippen LogP contribution in [0.1, 0.15) is 18.9 Å². The van der Waals surface area contributed by atoms with Gasteiger partial charge in [0.15, 0.2) is 5.16 Å². The number of methoxy groups -OCH3 is 1. The zero-order chi connectivity index (χ0) is 23.2. The first-order chi connectivity index (χ1) is 16.0.